The zero-order valence-corrected chi connectivity index (χ0v) is 13.9. The van der Waals surface area contributed by atoms with E-state index in [1.165, 1.54) is 11.6 Å². The number of rotatable bonds is 5. The van der Waals surface area contributed by atoms with Crippen LogP contribution in [0.3, 0.4) is 0 Å². The van der Waals surface area contributed by atoms with Crippen LogP contribution in [-0.4, -0.2) is 22.1 Å². The smallest absolute Gasteiger partial charge is 0.332 e. The second-order valence-corrected chi connectivity index (χ2v) is 5.44. The standard InChI is InChI=1S/C20H20N2O2/c1-3-15-9-11-16(12-10-15)19(13-20(23)24-4-2)22-14-21-17-7-5-6-8-18(17)22/h5-14H,3-4H2,1-2H3/b19-13-. The van der Waals surface area contributed by atoms with E-state index >= 15 is 0 Å². The van der Waals surface area contributed by atoms with Crippen molar-refractivity contribution in [2.24, 2.45) is 0 Å². The van der Waals surface area contributed by atoms with Crippen molar-refractivity contribution < 1.29 is 9.53 Å². The van der Waals surface area contributed by atoms with Crippen molar-refractivity contribution in [2.45, 2.75) is 20.3 Å². The predicted octanol–water partition coefficient (Wildman–Crippen LogP) is 4.05. The van der Waals surface area contributed by atoms with Crippen LogP contribution < -0.4 is 0 Å². The average molecular weight is 320 g/mol. The van der Waals surface area contributed by atoms with Crippen LogP contribution in [0.15, 0.2) is 60.9 Å². The molecule has 3 rings (SSSR count). The van der Waals surface area contributed by atoms with Crippen molar-refractivity contribution in [3.63, 3.8) is 0 Å². The number of nitrogens with zero attached hydrogens (tertiary/aromatic N) is 2. The summed E-state index contributed by atoms with van der Waals surface area (Å²) < 4.78 is 7.02. The summed E-state index contributed by atoms with van der Waals surface area (Å²) in [6.45, 7) is 4.27. The molecule has 0 aliphatic heterocycles. The van der Waals surface area contributed by atoms with Crippen LogP contribution in [0.2, 0.25) is 0 Å². The fraction of sp³-hybridized carbons (Fsp3) is 0.200. The summed E-state index contributed by atoms with van der Waals surface area (Å²) >= 11 is 0. The highest BCUT2D eigenvalue weighted by Gasteiger charge is 2.11. The third-order valence-corrected chi connectivity index (χ3v) is 3.91. The van der Waals surface area contributed by atoms with Crippen LogP contribution in [0.25, 0.3) is 16.7 Å². The largest absolute Gasteiger partial charge is 0.463 e. The SMILES string of the molecule is CCOC(=O)/C=C(/c1ccc(CC)cc1)n1cnc2ccccc21. The molecule has 24 heavy (non-hydrogen) atoms. The number of imidazole rings is 1. The van der Waals surface area contributed by atoms with Crippen LogP contribution >= 0.6 is 0 Å². The topological polar surface area (TPSA) is 44.1 Å². The number of ether oxygens (including phenoxy) is 1. The van der Waals surface area contributed by atoms with Gasteiger partial charge in [0.15, 0.2) is 0 Å². The molecule has 0 aliphatic carbocycles. The predicted molar refractivity (Wildman–Crippen MR) is 95.6 cm³/mol. The number of hydrogen-bond acceptors (Lipinski definition) is 3. The van der Waals surface area contributed by atoms with Gasteiger partial charge in [-0.25, -0.2) is 9.78 Å². The summed E-state index contributed by atoms with van der Waals surface area (Å²) in [6.07, 6.45) is 4.24. The van der Waals surface area contributed by atoms with Crippen LogP contribution in [0.4, 0.5) is 0 Å². The normalized spacial score (nSPS) is 11.7. The lowest BCUT2D eigenvalue weighted by molar-refractivity contribution is -0.137. The fourth-order valence-corrected chi connectivity index (χ4v) is 2.65. The van der Waals surface area contributed by atoms with Gasteiger partial charge in [0.25, 0.3) is 0 Å². The van der Waals surface area contributed by atoms with E-state index in [9.17, 15) is 4.79 Å². The van der Waals surface area contributed by atoms with E-state index in [0.717, 1.165) is 28.7 Å². The zero-order chi connectivity index (χ0) is 16.9. The van der Waals surface area contributed by atoms with Crippen molar-refractivity contribution in [3.8, 4) is 0 Å². The number of benzene rings is 2. The number of carbonyl (C=O) groups is 1. The van der Waals surface area contributed by atoms with E-state index in [2.05, 4.69) is 24.0 Å². The summed E-state index contributed by atoms with van der Waals surface area (Å²) in [5, 5.41) is 0. The Morgan fingerprint density at radius 1 is 1.12 bits per heavy atom. The Labute approximate surface area is 141 Å². The zero-order valence-electron chi connectivity index (χ0n) is 13.9. The van der Waals surface area contributed by atoms with E-state index < -0.39 is 0 Å². The molecule has 1 heterocycles. The Kier molecular flexibility index (Phi) is 4.75. The maximum absolute atomic E-state index is 12.0. The highest BCUT2D eigenvalue weighted by Crippen LogP contribution is 2.23. The molecule has 0 bridgehead atoms. The van der Waals surface area contributed by atoms with Gasteiger partial charge in [0.05, 0.1) is 23.3 Å². The number of aromatic nitrogens is 2. The molecule has 0 atom stereocenters. The van der Waals surface area contributed by atoms with Gasteiger partial charge >= 0.3 is 5.97 Å². The lowest BCUT2D eigenvalue weighted by Crippen LogP contribution is -2.05. The highest BCUT2D eigenvalue weighted by atomic mass is 16.5. The minimum Gasteiger partial charge on any atom is -0.463 e. The second-order valence-electron chi connectivity index (χ2n) is 5.44. The molecule has 4 heteroatoms. The molecule has 0 unspecified atom stereocenters. The maximum atomic E-state index is 12.0. The van der Waals surface area contributed by atoms with Crippen LogP contribution in [-0.2, 0) is 16.0 Å². The Balaban J connectivity index is 2.12. The molecule has 0 N–H and O–H groups in total. The first kappa shape index (κ1) is 16.0. The number of esters is 1. The van der Waals surface area contributed by atoms with E-state index in [0.29, 0.717) is 6.61 Å². The molecule has 0 saturated carbocycles. The molecular formula is C20H20N2O2. The van der Waals surface area contributed by atoms with Crippen molar-refractivity contribution >= 4 is 22.7 Å². The number of hydrogen-bond donors (Lipinski definition) is 0. The molecule has 0 saturated heterocycles. The van der Waals surface area contributed by atoms with Gasteiger partial charge in [-0.2, -0.15) is 0 Å². The number of para-hydroxylation sites is 2. The molecule has 0 radical (unpaired) electrons. The summed E-state index contributed by atoms with van der Waals surface area (Å²) in [4.78, 5) is 16.5. The monoisotopic (exact) mass is 320 g/mol. The summed E-state index contributed by atoms with van der Waals surface area (Å²) in [6, 6.07) is 16.1. The van der Waals surface area contributed by atoms with Gasteiger partial charge < -0.3 is 4.74 Å². The second kappa shape index (κ2) is 7.13. The molecule has 0 fully saturated rings. The lowest BCUT2D eigenvalue weighted by atomic mass is 10.1. The molecule has 1 aromatic heterocycles. The fourth-order valence-electron chi connectivity index (χ4n) is 2.65. The molecule has 4 nitrogen and oxygen atoms in total. The number of aryl methyl sites for hydroxylation is 1. The quantitative estimate of drug-likeness (QED) is 0.526. The third-order valence-electron chi connectivity index (χ3n) is 3.91. The Morgan fingerprint density at radius 3 is 2.58 bits per heavy atom. The van der Waals surface area contributed by atoms with E-state index in [-0.39, 0.29) is 5.97 Å². The van der Waals surface area contributed by atoms with Crippen molar-refractivity contribution in [3.05, 3.63) is 72.1 Å². The van der Waals surface area contributed by atoms with Gasteiger partial charge in [-0.15, -0.1) is 0 Å². The van der Waals surface area contributed by atoms with Gasteiger partial charge in [-0.3, -0.25) is 4.57 Å². The summed E-state index contributed by atoms with van der Waals surface area (Å²) in [5.74, 6) is -0.357. The molecule has 0 amide bonds. The Morgan fingerprint density at radius 2 is 1.88 bits per heavy atom. The van der Waals surface area contributed by atoms with Gasteiger partial charge in [-0.05, 0) is 36.6 Å². The van der Waals surface area contributed by atoms with Crippen LogP contribution in [0.1, 0.15) is 25.0 Å². The van der Waals surface area contributed by atoms with Crippen molar-refractivity contribution in [1.29, 1.82) is 0 Å². The number of fused-ring (bicyclic) bond motifs is 1. The van der Waals surface area contributed by atoms with Crippen LogP contribution in [0, 0.1) is 0 Å². The molecule has 2 aromatic carbocycles. The maximum Gasteiger partial charge on any atom is 0.332 e. The minimum atomic E-state index is -0.357. The highest BCUT2D eigenvalue weighted by molar-refractivity contribution is 5.93. The van der Waals surface area contributed by atoms with Crippen molar-refractivity contribution in [1.82, 2.24) is 9.55 Å². The molecule has 122 valence electrons. The van der Waals surface area contributed by atoms with Gasteiger partial charge in [0.2, 0.25) is 0 Å². The van der Waals surface area contributed by atoms with Gasteiger partial charge in [0.1, 0.15) is 6.33 Å². The van der Waals surface area contributed by atoms with Crippen molar-refractivity contribution in [2.75, 3.05) is 6.61 Å². The van der Waals surface area contributed by atoms with Gasteiger partial charge in [-0.1, -0.05) is 43.3 Å². The molecular weight excluding hydrogens is 300 g/mol. The molecule has 3 aromatic rings. The van der Waals surface area contributed by atoms with E-state index in [1.54, 1.807) is 13.3 Å². The summed E-state index contributed by atoms with van der Waals surface area (Å²) in [5.41, 5.74) is 4.79. The third kappa shape index (κ3) is 3.23. The number of carbonyl (C=O) groups excluding carboxylic acids is 1. The lowest BCUT2D eigenvalue weighted by Gasteiger charge is -2.11. The summed E-state index contributed by atoms with van der Waals surface area (Å²) in [7, 11) is 0. The Bertz CT molecular complexity index is 876. The average Bonchev–Trinajstić information content (AvgIpc) is 3.04. The van der Waals surface area contributed by atoms with E-state index in [1.807, 2.05) is 41.0 Å². The first-order valence-electron chi connectivity index (χ1n) is 8.13. The molecule has 0 aliphatic rings. The van der Waals surface area contributed by atoms with Crippen LogP contribution in [0.5, 0.6) is 0 Å². The first-order chi connectivity index (χ1) is 11.7. The van der Waals surface area contributed by atoms with Gasteiger partial charge in [0, 0.05) is 6.08 Å². The minimum absolute atomic E-state index is 0.349. The molecule has 0 spiro atoms. The Hall–Kier alpha value is -2.88. The van der Waals surface area contributed by atoms with E-state index in [4.69, 9.17) is 4.74 Å². The first-order valence-corrected chi connectivity index (χ1v) is 8.13.